The molecule has 0 heterocycles. The van der Waals surface area contributed by atoms with E-state index in [4.69, 9.17) is 9.84 Å². The summed E-state index contributed by atoms with van der Waals surface area (Å²) in [5.74, 6) is 0.661. The Balaban J connectivity index is 3.38. The second-order valence-electron chi connectivity index (χ2n) is 4.46. The Labute approximate surface area is 88.7 Å². The summed E-state index contributed by atoms with van der Waals surface area (Å²) < 4.78 is 5.70. The number of aliphatic hydroxyl groups is 1. The van der Waals surface area contributed by atoms with E-state index in [9.17, 15) is 0 Å². The minimum absolute atomic E-state index is 0.200. The van der Waals surface area contributed by atoms with E-state index in [-0.39, 0.29) is 12.2 Å². The minimum atomic E-state index is -0.200. The second-order valence-corrected chi connectivity index (χ2v) is 4.46. The monoisotopic (exact) mass is 202 g/mol. The van der Waals surface area contributed by atoms with Crippen molar-refractivity contribution >= 4 is 0 Å². The molecule has 0 aromatic rings. The Morgan fingerprint density at radius 3 is 2.21 bits per heavy atom. The van der Waals surface area contributed by atoms with Crippen molar-refractivity contribution in [3.8, 4) is 0 Å². The Hall–Kier alpha value is -0.0800. The zero-order chi connectivity index (χ0) is 11.0. The molecule has 0 radical (unpaired) electrons. The first kappa shape index (κ1) is 13.9. The Kier molecular flexibility index (Phi) is 8.20. The van der Waals surface area contributed by atoms with Crippen LogP contribution in [0.25, 0.3) is 0 Å². The minimum Gasteiger partial charge on any atom is -0.393 e. The molecule has 0 fully saturated rings. The molecule has 2 heteroatoms. The molecule has 3 unspecified atom stereocenters. The maximum atomic E-state index is 9.11. The van der Waals surface area contributed by atoms with E-state index in [1.165, 1.54) is 12.8 Å². The molecule has 0 bridgehead atoms. The number of rotatable bonds is 8. The van der Waals surface area contributed by atoms with Gasteiger partial charge in [0, 0.05) is 6.61 Å². The van der Waals surface area contributed by atoms with Crippen molar-refractivity contribution in [2.24, 2.45) is 5.92 Å². The highest BCUT2D eigenvalue weighted by Gasteiger charge is 2.07. The van der Waals surface area contributed by atoms with Crippen LogP contribution in [-0.4, -0.2) is 23.9 Å². The maximum Gasteiger partial charge on any atom is 0.0548 e. The number of hydrogen-bond acceptors (Lipinski definition) is 2. The van der Waals surface area contributed by atoms with E-state index in [1.807, 2.05) is 6.92 Å². The zero-order valence-electron chi connectivity index (χ0n) is 10.1. The highest BCUT2D eigenvalue weighted by atomic mass is 16.5. The van der Waals surface area contributed by atoms with Crippen LogP contribution in [0.4, 0.5) is 0 Å². The van der Waals surface area contributed by atoms with Gasteiger partial charge in [0.05, 0.1) is 12.2 Å². The highest BCUT2D eigenvalue weighted by Crippen LogP contribution is 2.10. The third kappa shape index (κ3) is 8.52. The van der Waals surface area contributed by atoms with Crippen LogP contribution in [0, 0.1) is 5.92 Å². The molecule has 0 saturated carbocycles. The maximum absolute atomic E-state index is 9.11. The molecule has 0 aliphatic heterocycles. The van der Waals surface area contributed by atoms with Crippen LogP contribution in [0.15, 0.2) is 0 Å². The fourth-order valence-corrected chi connectivity index (χ4v) is 1.46. The van der Waals surface area contributed by atoms with E-state index < -0.39 is 0 Å². The van der Waals surface area contributed by atoms with Crippen LogP contribution < -0.4 is 0 Å². The lowest BCUT2D eigenvalue weighted by Gasteiger charge is -2.17. The average Bonchev–Trinajstić information content (AvgIpc) is 2.12. The molecule has 1 N–H and O–H groups in total. The molecule has 0 saturated heterocycles. The van der Waals surface area contributed by atoms with Crippen LogP contribution in [0.5, 0.6) is 0 Å². The van der Waals surface area contributed by atoms with Gasteiger partial charge < -0.3 is 9.84 Å². The molecule has 86 valence electrons. The lowest BCUT2D eigenvalue weighted by molar-refractivity contribution is 0.0283. The van der Waals surface area contributed by atoms with Gasteiger partial charge in [-0.3, -0.25) is 0 Å². The summed E-state index contributed by atoms with van der Waals surface area (Å²) in [5, 5.41) is 9.11. The van der Waals surface area contributed by atoms with Gasteiger partial charge in [-0.1, -0.05) is 20.3 Å². The Bertz CT molecular complexity index is 123. The molecule has 0 aliphatic rings. The highest BCUT2D eigenvalue weighted by molar-refractivity contribution is 4.57. The fourth-order valence-electron chi connectivity index (χ4n) is 1.46. The van der Waals surface area contributed by atoms with E-state index >= 15 is 0 Å². The molecule has 0 spiro atoms. The van der Waals surface area contributed by atoms with Gasteiger partial charge in [0.15, 0.2) is 0 Å². The third-order valence-corrected chi connectivity index (χ3v) is 2.44. The summed E-state index contributed by atoms with van der Waals surface area (Å²) in [6.45, 7) is 9.19. The van der Waals surface area contributed by atoms with Crippen molar-refractivity contribution in [1.29, 1.82) is 0 Å². The molecular formula is C12H26O2. The molecule has 0 rings (SSSR count). The smallest absolute Gasteiger partial charge is 0.0548 e. The average molecular weight is 202 g/mol. The molecule has 0 aliphatic carbocycles. The van der Waals surface area contributed by atoms with Gasteiger partial charge in [0.25, 0.3) is 0 Å². The van der Waals surface area contributed by atoms with E-state index in [1.54, 1.807) is 0 Å². The quantitative estimate of drug-likeness (QED) is 0.655. The van der Waals surface area contributed by atoms with E-state index in [0.29, 0.717) is 5.92 Å². The van der Waals surface area contributed by atoms with Crippen molar-refractivity contribution in [2.75, 3.05) is 6.61 Å². The molecule has 0 aromatic heterocycles. The first-order chi connectivity index (χ1) is 6.56. The third-order valence-electron chi connectivity index (χ3n) is 2.44. The summed E-state index contributed by atoms with van der Waals surface area (Å²) in [7, 11) is 0. The summed E-state index contributed by atoms with van der Waals surface area (Å²) in [5.41, 5.74) is 0. The van der Waals surface area contributed by atoms with Crippen molar-refractivity contribution < 1.29 is 9.84 Å². The van der Waals surface area contributed by atoms with Gasteiger partial charge in [0.1, 0.15) is 0 Å². The largest absolute Gasteiger partial charge is 0.393 e. The van der Waals surface area contributed by atoms with Crippen LogP contribution in [0.3, 0.4) is 0 Å². The Morgan fingerprint density at radius 2 is 1.71 bits per heavy atom. The van der Waals surface area contributed by atoms with E-state index in [2.05, 4.69) is 20.8 Å². The summed E-state index contributed by atoms with van der Waals surface area (Å²) in [4.78, 5) is 0. The summed E-state index contributed by atoms with van der Waals surface area (Å²) >= 11 is 0. The topological polar surface area (TPSA) is 29.5 Å². The van der Waals surface area contributed by atoms with Crippen LogP contribution in [-0.2, 0) is 4.74 Å². The second kappa shape index (κ2) is 8.25. The number of hydrogen-bond donors (Lipinski definition) is 1. The number of ether oxygens (including phenoxy) is 1. The SMILES string of the molecule is CCCC(C)COC(C)CCC(C)O. The first-order valence-electron chi connectivity index (χ1n) is 5.85. The standard InChI is InChI=1S/C12H26O2/c1-5-6-10(2)9-14-12(4)8-7-11(3)13/h10-13H,5-9H2,1-4H3. The fraction of sp³-hybridized carbons (Fsp3) is 1.00. The van der Waals surface area contributed by atoms with Gasteiger partial charge in [-0.15, -0.1) is 0 Å². The van der Waals surface area contributed by atoms with Crippen molar-refractivity contribution in [3.05, 3.63) is 0 Å². The predicted octanol–water partition coefficient (Wildman–Crippen LogP) is 2.99. The molecule has 14 heavy (non-hydrogen) atoms. The summed E-state index contributed by atoms with van der Waals surface area (Å²) in [6, 6.07) is 0. The molecule has 3 atom stereocenters. The Morgan fingerprint density at radius 1 is 1.07 bits per heavy atom. The van der Waals surface area contributed by atoms with E-state index in [0.717, 1.165) is 19.4 Å². The van der Waals surface area contributed by atoms with Gasteiger partial charge in [-0.05, 0) is 39.0 Å². The van der Waals surface area contributed by atoms with Gasteiger partial charge in [-0.2, -0.15) is 0 Å². The van der Waals surface area contributed by atoms with Crippen LogP contribution in [0.2, 0.25) is 0 Å². The summed E-state index contributed by atoms with van der Waals surface area (Å²) in [6.07, 6.45) is 4.34. The van der Waals surface area contributed by atoms with Crippen molar-refractivity contribution in [2.45, 2.75) is 65.6 Å². The van der Waals surface area contributed by atoms with Crippen molar-refractivity contribution in [3.63, 3.8) is 0 Å². The first-order valence-corrected chi connectivity index (χ1v) is 5.85. The molecule has 2 nitrogen and oxygen atoms in total. The predicted molar refractivity (Wildman–Crippen MR) is 60.4 cm³/mol. The normalized spacial score (nSPS) is 17.8. The molecule has 0 aromatic carbocycles. The van der Waals surface area contributed by atoms with Gasteiger partial charge in [0.2, 0.25) is 0 Å². The van der Waals surface area contributed by atoms with Gasteiger partial charge >= 0.3 is 0 Å². The van der Waals surface area contributed by atoms with Crippen LogP contribution >= 0.6 is 0 Å². The zero-order valence-corrected chi connectivity index (χ0v) is 10.1. The van der Waals surface area contributed by atoms with Crippen LogP contribution in [0.1, 0.15) is 53.4 Å². The number of aliphatic hydroxyl groups excluding tert-OH is 1. The lowest BCUT2D eigenvalue weighted by Crippen LogP contribution is -2.15. The van der Waals surface area contributed by atoms with Gasteiger partial charge in [-0.25, -0.2) is 0 Å². The lowest BCUT2D eigenvalue weighted by atomic mass is 10.1. The van der Waals surface area contributed by atoms with Crippen molar-refractivity contribution in [1.82, 2.24) is 0 Å². The molecular weight excluding hydrogens is 176 g/mol. The molecule has 0 amide bonds.